The fourth-order valence-corrected chi connectivity index (χ4v) is 4.01. The van der Waals surface area contributed by atoms with E-state index in [1.807, 2.05) is 0 Å². The largest absolute Gasteiger partial charge is 0.326 e. The summed E-state index contributed by atoms with van der Waals surface area (Å²) in [6.07, 6.45) is 3.23. The Morgan fingerprint density at radius 2 is 1.91 bits per heavy atom. The molecule has 1 fully saturated rings. The van der Waals surface area contributed by atoms with Crippen molar-refractivity contribution < 1.29 is 13.2 Å². The van der Waals surface area contributed by atoms with Gasteiger partial charge in [-0.3, -0.25) is 4.79 Å². The van der Waals surface area contributed by atoms with Crippen molar-refractivity contribution in [1.29, 1.82) is 0 Å². The first kappa shape index (κ1) is 19.9. The van der Waals surface area contributed by atoms with Crippen molar-refractivity contribution in [2.45, 2.75) is 30.6 Å². The summed E-state index contributed by atoms with van der Waals surface area (Å²) >= 11 is 0. The van der Waals surface area contributed by atoms with E-state index in [0.717, 1.165) is 19.3 Å². The van der Waals surface area contributed by atoms with Crippen LogP contribution in [0.5, 0.6) is 0 Å². The van der Waals surface area contributed by atoms with Crippen molar-refractivity contribution in [3.8, 4) is 0 Å². The van der Waals surface area contributed by atoms with Gasteiger partial charge in [0.25, 0.3) is 0 Å². The summed E-state index contributed by atoms with van der Waals surface area (Å²) in [5.41, 5.74) is 0.513. The van der Waals surface area contributed by atoms with Crippen LogP contribution in [-0.2, 0) is 14.8 Å². The fourth-order valence-electron chi connectivity index (χ4n) is 2.45. The molecule has 1 aromatic rings. The van der Waals surface area contributed by atoms with Gasteiger partial charge in [0.15, 0.2) is 0 Å². The number of sulfonamides is 1. The second-order valence-corrected chi connectivity index (χ2v) is 7.33. The molecule has 0 saturated carbocycles. The summed E-state index contributed by atoms with van der Waals surface area (Å²) in [6.45, 7) is 1.72. The molecule has 0 unspecified atom stereocenters. The molecule has 2 rings (SSSR count). The first-order valence-corrected chi connectivity index (χ1v) is 9.03. The molecule has 1 amide bonds. The predicted octanol–water partition coefficient (Wildman–Crippen LogP) is 1.83. The van der Waals surface area contributed by atoms with Crippen LogP contribution in [0, 0.1) is 0 Å². The summed E-state index contributed by atoms with van der Waals surface area (Å²) < 4.78 is 26.7. The number of amides is 1. The number of anilines is 1. The van der Waals surface area contributed by atoms with Gasteiger partial charge in [0.2, 0.25) is 15.9 Å². The number of hydrogen-bond donors (Lipinski definition) is 2. The Balaban J connectivity index is 0.00000264. The van der Waals surface area contributed by atoms with E-state index in [0.29, 0.717) is 31.7 Å². The minimum absolute atomic E-state index is 0. The molecule has 1 saturated heterocycles. The number of nitrogens with zero attached hydrogens (tertiary/aromatic N) is 1. The molecular weight excluding hydrogens is 338 g/mol. The molecule has 0 atom stereocenters. The van der Waals surface area contributed by atoms with Gasteiger partial charge in [-0.15, -0.1) is 12.4 Å². The molecule has 0 bridgehead atoms. The number of carbonyl (C=O) groups excluding carboxylic acids is 1. The normalized spacial score (nSPS) is 15.7. The summed E-state index contributed by atoms with van der Waals surface area (Å²) in [5, 5.41) is 5.63. The summed E-state index contributed by atoms with van der Waals surface area (Å²) in [5.74, 6) is -0.137. The Labute approximate surface area is 144 Å². The number of benzene rings is 1. The average Bonchev–Trinajstić information content (AvgIpc) is 2.54. The summed E-state index contributed by atoms with van der Waals surface area (Å²) in [7, 11) is -1.69. The Bertz CT molecular complexity index is 616. The lowest BCUT2D eigenvalue weighted by atomic mass is 10.2. The number of rotatable bonds is 6. The van der Waals surface area contributed by atoms with E-state index in [1.54, 1.807) is 25.2 Å². The number of hydrogen-bond acceptors (Lipinski definition) is 4. The van der Waals surface area contributed by atoms with Gasteiger partial charge < -0.3 is 10.6 Å². The maximum Gasteiger partial charge on any atom is 0.243 e. The minimum atomic E-state index is -3.47. The van der Waals surface area contributed by atoms with Crippen molar-refractivity contribution in [1.82, 2.24) is 9.62 Å². The Hall–Kier alpha value is -1.15. The van der Waals surface area contributed by atoms with Gasteiger partial charge >= 0.3 is 0 Å². The SMILES string of the molecule is CNCCC(=O)Nc1cccc(S(=O)(=O)N2CCCCC2)c1.Cl. The zero-order chi connectivity index (χ0) is 16.0. The van der Waals surface area contributed by atoms with Crippen molar-refractivity contribution in [2.75, 3.05) is 32.0 Å². The molecule has 1 aliphatic rings. The third-order valence-electron chi connectivity index (χ3n) is 3.67. The van der Waals surface area contributed by atoms with Gasteiger partial charge in [-0.05, 0) is 38.1 Å². The standard InChI is InChI=1S/C15H23N3O3S.ClH/c1-16-9-8-15(19)17-13-6-5-7-14(12-13)22(20,21)18-10-3-2-4-11-18;/h5-7,12,16H,2-4,8-11H2,1H3,(H,17,19);1H. The Kier molecular flexibility index (Phi) is 7.98. The Morgan fingerprint density at radius 1 is 1.22 bits per heavy atom. The van der Waals surface area contributed by atoms with E-state index in [-0.39, 0.29) is 23.2 Å². The Morgan fingerprint density at radius 3 is 2.57 bits per heavy atom. The molecule has 0 spiro atoms. The highest BCUT2D eigenvalue weighted by molar-refractivity contribution is 7.89. The first-order valence-electron chi connectivity index (χ1n) is 7.59. The highest BCUT2D eigenvalue weighted by Crippen LogP contribution is 2.22. The van der Waals surface area contributed by atoms with E-state index in [2.05, 4.69) is 10.6 Å². The van der Waals surface area contributed by atoms with Crippen molar-refractivity contribution >= 4 is 34.0 Å². The minimum Gasteiger partial charge on any atom is -0.326 e. The van der Waals surface area contributed by atoms with E-state index in [9.17, 15) is 13.2 Å². The van der Waals surface area contributed by atoms with Gasteiger partial charge in [0.05, 0.1) is 4.90 Å². The molecule has 0 aliphatic carbocycles. The molecule has 8 heteroatoms. The first-order chi connectivity index (χ1) is 10.5. The predicted molar refractivity (Wildman–Crippen MR) is 93.5 cm³/mol. The molecule has 1 aliphatic heterocycles. The molecule has 0 aromatic heterocycles. The lowest BCUT2D eigenvalue weighted by Crippen LogP contribution is -2.35. The molecule has 2 N–H and O–H groups in total. The number of piperidine rings is 1. The zero-order valence-electron chi connectivity index (χ0n) is 13.2. The lowest BCUT2D eigenvalue weighted by molar-refractivity contribution is -0.116. The number of carbonyl (C=O) groups is 1. The molecule has 23 heavy (non-hydrogen) atoms. The average molecular weight is 362 g/mol. The lowest BCUT2D eigenvalue weighted by Gasteiger charge is -2.26. The molecule has 130 valence electrons. The smallest absolute Gasteiger partial charge is 0.243 e. The fraction of sp³-hybridized carbons (Fsp3) is 0.533. The summed E-state index contributed by atoms with van der Waals surface area (Å²) in [6, 6.07) is 6.46. The van der Waals surface area contributed by atoms with Crippen molar-refractivity contribution in [2.24, 2.45) is 0 Å². The monoisotopic (exact) mass is 361 g/mol. The quantitative estimate of drug-likeness (QED) is 0.810. The van der Waals surface area contributed by atoms with E-state index in [1.165, 1.54) is 10.4 Å². The third-order valence-corrected chi connectivity index (χ3v) is 5.57. The van der Waals surface area contributed by atoms with Crippen LogP contribution >= 0.6 is 12.4 Å². The van der Waals surface area contributed by atoms with Gasteiger partial charge in [-0.2, -0.15) is 4.31 Å². The highest BCUT2D eigenvalue weighted by Gasteiger charge is 2.26. The summed E-state index contributed by atoms with van der Waals surface area (Å²) in [4.78, 5) is 12.0. The van der Waals surface area contributed by atoms with Gasteiger partial charge in [-0.1, -0.05) is 12.5 Å². The van der Waals surface area contributed by atoms with Crippen LogP contribution in [0.4, 0.5) is 5.69 Å². The molecular formula is C15H24ClN3O3S. The van der Waals surface area contributed by atoms with Crippen LogP contribution < -0.4 is 10.6 Å². The van der Waals surface area contributed by atoms with Crippen molar-refractivity contribution in [3.63, 3.8) is 0 Å². The topological polar surface area (TPSA) is 78.5 Å². The maximum absolute atomic E-state index is 12.6. The van der Waals surface area contributed by atoms with Crippen molar-refractivity contribution in [3.05, 3.63) is 24.3 Å². The second-order valence-electron chi connectivity index (χ2n) is 5.39. The zero-order valence-corrected chi connectivity index (χ0v) is 14.9. The molecule has 6 nitrogen and oxygen atoms in total. The molecule has 1 heterocycles. The highest BCUT2D eigenvalue weighted by atomic mass is 35.5. The van der Waals surface area contributed by atoms with Crippen LogP contribution in [0.15, 0.2) is 29.2 Å². The van der Waals surface area contributed by atoms with Crippen LogP contribution in [-0.4, -0.2) is 45.3 Å². The van der Waals surface area contributed by atoms with Crippen LogP contribution in [0.2, 0.25) is 0 Å². The van der Waals surface area contributed by atoms with Crippen LogP contribution in [0.25, 0.3) is 0 Å². The molecule has 0 radical (unpaired) electrons. The van der Waals surface area contributed by atoms with Crippen LogP contribution in [0.1, 0.15) is 25.7 Å². The maximum atomic E-state index is 12.6. The van der Waals surface area contributed by atoms with Gasteiger partial charge in [0.1, 0.15) is 0 Å². The van der Waals surface area contributed by atoms with Crippen LogP contribution in [0.3, 0.4) is 0 Å². The molecule has 1 aromatic carbocycles. The van der Waals surface area contributed by atoms with Gasteiger partial charge in [0, 0.05) is 31.7 Å². The number of nitrogens with one attached hydrogen (secondary N) is 2. The number of halogens is 1. The second kappa shape index (κ2) is 9.22. The van der Waals surface area contributed by atoms with E-state index < -0.39 is 10.0 Å². The van der Waals surface area contributed by atoms with Gasteiger partial charge in [-0.25, -0.2) is 8.42 Å². The third kappa shape index (κ3) is 5.46. The van der Waals surface area contributed by atoms with E-state index >= 15 is 0 Å². The van der Waals surface area contributed by atoms with E-state index in [4.69, 9.17) is 0 Å².